The third-order valence-electron chi connectivity index (χ3n) is 5.04. The number of aryl methyl sites for hydroxylation is 2. The minimum Gasteiger partial charge on any atom is -0.324 e. The highest BCUT2D eigenvalue weighted by Crippen LogP contribution is 2.31. The summed E-state index contributed by atoms with van der Waals surface area (Å²) in [5.74, 6) is -0.0904. The van der Waals surface area contributed by atoms with Crippen LogP contribution >= 0.6 is 0 Å². The molecule has 5 heteroatoms. The molecule has 0 aromatic heterocycles. The molecule has 0 saturated carbocycles. The first-order chi connectivity index (χ1) is 12.9. The largest absolute Gasteiger partial charge is 0.324 e. The smallest absolute Gasteiger partial charge is 0.241 e. The molecule has 0 aliphatic carbocycles. The van der Waals surface area contributed by atoms with Gasteiger partial charge in [0.25, 0.3) is 0 Å². The normalized spacial score (nSPS) is 15.7. The first-order valence-corrected chi connectivity index (χ1v) is 9.31. The van der Waals surface area contributed by atoms with Gasteiger partial charge in [-0.1, -0.05) is 36.4 Å². The molecule has 5 nitrogen and oxygen atoms in total. The van der Waals surface area contributed by atoms with E-state index in [1.807, 2.05) is 55.1 Å². The summed E-state index contributed by atoms with van der Waals surface area (Å²) in [7, 11) is 1.80. The molecule has 0 bridgehead atoms. The molecule has 0 unspecified atom stereocenters. The Bertz CT molecular complexity index is 842. The monoisotopic (exact) mass is 365 g/mol. The van der Waals surface area contributed by atoms with Gasteiger partial charge in [0, 0.05) is 17.4 Å². The fraction of sp³-hybridized carbons (Fsp3) is 0.364. The van der Waals surface area contributed by atoms with E-state index in [1.54, 1.807) is 11.9 Å². The van der Waals surface area contributed by atoms with E-state index in [0.29, 0.717) is 0 Å². The second kappa shape index (κ2) is 7.92. The van der Waals surface area contributed by atoms with Crippen molar-refractivity contribution in [2.24, 2.45) is 0 Å². The molecule has 27 heavy (non-hydrogen) atoms. The van der Waals surface area contributed by atoms with Gasteiger partial charge in [-0.25, -0.2) is 0 Å². The molecule has 1 N–H and O–H groups in total. The van der Waals surface area contributed by atoms with Crippen LogP contribution < -0.4 is 10.2 Å². The first kappa shape index (κ1) is 19.1. The summed E-state index contributed by atoms with van der Waals surface area (Å²) < 4.78 is 0. The maximum Gasteiger partial charge on any atom is 0.241 e. The Morgan fingerprint density at radius 2 is 1.74 bits per heavy atom. The third-order valence-corrected chi connectivity index (χ3v) is 5.04. The summed E-state index contributed by atoms with van der Waals surface area (Å²) in [6.45, 7) is 6.39. The van der Waals surface area contributed by atoms with Crippen molar-refractivity contribution in [1.82, 2.24) is 4.90 Å². The van der Waals surface area contributed by atoms with Crippen LogP contribution in [0, 0.1) is 13.8 Å². The van der Waals surface area contributed by atoms with Crippen LogP contribution in [-0.4, -0.2) is 42.9 Å². The van der Waals surface area contributed by atoms with Crippen LogP contribution in [0.3, 0.4) is 0 Å². The molecule has 2 aromatic rings. The zero-order valence-corrected chi connectivity index (χ0v) is 16.5. The predicted molar refractivity (Wildman–Crippen MR) is 109 cm³/mol. The highest BCUT2D eigenvalue weighted by atomic mass is 16.2. The van der Waals surface area contributed by atoms with Gasteiger partial charge >= 0.3 is 0 Å². The van der Waals surface area contributed by atoms with Gasteiger partial charge in [-0.3, -0.25) is 14.5 Å². The summed E-state index contributed by atoms with van der Waals surface area (Å²) in [6, 6.07) is 14.1. The number of amides is 2. The lowest BCUT2D eigenvalue weighted by molar-refractivity contribution is -0.121. The number of carbonyl (C=O) groups excluding carboxylic acids is 2. The molecule has 1 aliphatic heterocycles. The minimum atomic E-state index is -0.113. The summed E-state index contributed by atoms with van der Waals surface area (Å²) in [4.78, 5) is 28.9. The van der Waals surface area contributed by atoms with E-state index in [2.05, 4.69) is 18.3 Å². The number of para-hydroxylation sites is 2. The van der Waals surface area contributed by atoms with Gasteiger partial charge in [-0.05, 0) is 57.0 Å². The topological polar surface area (TPSA) is 52.7 Å². The Morgan fingerprint density at radius 1 is 1.07 bits per heavy atom. The molecule has 3 rings (SSSR count). The highest BCUT2D eigenvalue weighted by Gasteiger charge is 2.30. The molecule has 1 heterocycles. The van der Waals surface area contributed by atoms with Crippen molar-refractivity contribution in [3.8, 4) is 0 Å². The number of hydrogen-bond acceptors (Lipinski definition) is 3. The van der Waals surface area contributed by atoms with Crippen LogP contribution in [-0.2, 0) is 16.0 Å². The standard InChI is InChI=1S/C22H27N3O2/c1-15-8-7-9-16(2)22(15)23-20(26)13-24(4)14-21(27)25-17(3)12-18-10-5-6-11-19(18)25/h5-11,17H,12-14H2,1-4H3,(H,23,26)/t17-/m0/s1. The van der Waals surface area contributed by atoms with Crippen LogP contribution in [0.4, 0.5) is 11.4 Å². The van der Waals surface area contributed by atoms with Crippen LogP contribution in [0.15, 0.2) is 42.5 Å². The zero-order valence-electron chi connectivity index (χ0n) is 16.5. The van der Waals surface area contributed by atoms with Gasteiger partial charge < -0.3 is 10.2 Å². The Labute approximate surface area is 161 Å². The average molecular weight is 365 g/mol. The first-order valence-electron chi connectivity index (χ1n) is 9.31. The van der Waals surface area contributed by atoms with Gasteiger partial charge in [-0.15, -0.1) is 0 Å². The Hall–Kier alpha value is -2.66. The summed E-state index contributed by atoms with van der Waals surface area (Å²) in [5, 5.41) is 2.97. The Balaban J connectivity index is 1.60. The van der Waals surface area contributed by atoms with Crippen LogP contribution in [0.25, 0.3) is 0 Å². The zero-order chi connectivity index (χ0) is 19.6. The van der Waals surface area contributed by atoms with E-state index < -0.39 is 0 Å². The second-order valence-corrected chi connectivity index (χ2v) is 7.43. The number of carbonyl (C=O) groups is 2. The molecule has 2 aromatic carbocycles. The van der Waals surface area contributed by atoms with Gasteiger partial charge in [0.1, 0.15) is 0 Å². The molecular formula is C22H27N3O2. The molecule has 0 fully saturated rings. The summed E-state index contributed by atoms with van der Waals surface area (Å²) >= 11 is 0. The van der Waals surface area contributed by atoms with Crippen molar-refractivity contribution in [1.29, 1.82) is 0 Å². The van der Waals surface area contributed by atoms with Crippen LogP contribution in [0.5, 0.6) is 0 Å². The second-order valence-electron chi connectivity index (χ2n) is 7.43. The number of fused-ring (bicyclic) bond motifs is 1. The molecule has 1 atom stereocenters. The number of hydrogen-bond donors (Lipinski definition) is 1. The van der Waals surface area contributed by atoms with E-state index in [4.69, 9.17) is 0 Å². The number of rotatable bonds is 5. The van der Waals surface area contributed by atoms with E-state index in [9.17, 15) is 9.59 Å². The number of nitrogens with one attached hydrogen (secondary N) is 1. The lowest BCUT2D eigenvalue weighted by atomic mass is 10.1. The van der Waals surface area contributed by atoms with E-state index >= 15 is 0 Å². The maximum atomic E-state index is 12.8. The lowest BCUT2D eigenvalue weighted by Crippen LogP contribution is -2.43. The molecule has 142 valence electrons. The van der Waals surface area contributed by atoms with Crippen molar-refractivity contribution in [2.45, 2.75) is 33.2 Å². The van der Waals surface area contributed by atoms with E-state index in [-0.39, 0.29) is 30.9 Å². The van der Waals surface area contributed by atoms with Gasteiger partial charge in [0.05, 0.1) is 13.1 Å². The summed E-state index contributed by atoms with van der Waals surface area (Å²) in [5.41, 5.74) is 5.11. The lowest BCUT2D eigenvalue weighted by Gasteiger charge is -2.25. The molecule has 0 radical (unpaired) electrons. The van der Waals surface area contributed by atoms with Crippen molar-refractivity contribution in [3.63, 3.8) is 0 Å². The van der Waals surface area contributed by atoms with Crippen molar-refractivity contribution >= 4 is 23.2 Å². The highest BCUT2D eigenvalue weighted by molar-refractivity contribution is 5.98. The van der Waals surface area contributed by atoms with Crippen molar-refractivity contribution < 1.29 is 9.59 Å². The minimum absolute atomic E-state index is 0.0230. The van der Waals surface area contributed by atoms with Crippen molar-refractivity contribution in [3.05, 3.63) is 59.2 Å². The van der Waals surface area contributed by atoms with Gasteiger partial charge in [0.2, 0.25) is 11.8 Å². The SMILES string of the molecule is Cc1cccc(C)c1NC(=O)CN(C)CC(=O)N1c2ccccc2C[C@@H]1C. The number of nitrogens with zero attached hydrogens (tertiary/aromatic N) is 2. The number of benzene rings is 2. The Morgan fingerprint density at radius 3 is 2.44 bits per heavy atom. The third kappa shape index (κ3) is 4.19. The molecule has 2 amide bonds. The number of anilines is 2. The van der Waals surface area contributed by atoms with Gasteiger partial charge in [-0.2, -0.15) is 0 Å². The van der Waals surface area contributed by atoms with E-state index in [1.165, 1.54) is 5.56 Å². The molecule has 0 spiro atoms. The van der Waals surface area contributed by atoms with Gasteiger partial charge in [0.15, 0.2) is 0 Å². The molecular weight excluding hydrogens is 338 g/mol. The fourth-order valence-corrected chi connectivity index (χ4v) is 3.74. The Kier molecular flexibility index (Phi) is 5.61. The van der Waals surface area contributed by atoms with Crippen LogP contribution in [0.2, 0.25) is 0 Å². The molecule has 1 aliphatic rings. The predicted octanol–water partition coefficient (Wildman–Crippen LogP) is 3.15. The maximum absolute atomic E-state index is 12.8. The van der Waals surface area contributed by atoms with E-state index in [0.717, 1.165) is 28.9 Å². The fourth-order valence-electron chi connectivity index (χ4n) is 3.74. The van der Waals surface area contributed by atoms with Crippen molar-refractivity contribution in [2.75, 3.05) is 30.4 Å². The van der Waals surface area contributed by atoms with Crippen LogP contribution in [0.1, 0.15) is 23.6 Å². The average Bonchev–Trinajstić information content (AvgIpc) is 2.93. The number of likely N-dealkylation sites (N-methyl/N-ethyl adjacent to an activating group) is 1. The molecule has 0 saturated heterocycles. The summed E-state index contributed by atoms with van der Waals surface area (Å²) in [6.07, 6.45) is 0.874. The quantitative estimate of drug-likeness (QED) is 0.886.